The van der Waals surface area contributed by atoms with E-state index >= 15 is 0 Å². The number of hydrogen-bond donors (Lipinski definition) is 2. The Balaban J connectivity index is 0.000000366. The Bertz CT molecular complexity index is 972. The van der Waals surface area contributed by atoms with E-state index in [1.165, 1.54) is 16.0 Å². The van der Waals surface area contributed by atoms with Gasteiger partial charge in [-0.05, 0) is 43.5 Å². The molecular weight excluding hydrogens is 407 g/mol. The summed E-state index contributed by atoms with van der Waals surface area (Å²) in [5, 5.41) is 8.04. The van der Waals surface area contributed by atoms with E-state index in [1.54, 1.807) is 6.92 Å². The van der Waals surface area contributed by atoms with Crippen LogP contribution in [-0.2, 0) is 17.4 Å². The molecule has 1 unspecified atom stereocenters. The SMILES string of the molecule is CC(CCN)C(N)=O.C[C@H](CCc1ccccc1)c1nnc2ccc(C(F)(F)F)cn12. The molecule has 31 heavy (non-hydrogen) atoms. The van der Waals surface area contributed by atoms with Gasteiger partial charge in [-0.15, -0.1) is 10.2 Å². The summed E-state index contributed by atoms with van der Waals surface area (Å²) < 4.78 is 40.1. The number of primary amides is 1. The molecule has 2 aromatic heterocycles. The number of amides is 1. The Morgan fingerprint density at radius 1 is 1.06 bits per heavy atom. The van der Waals surface area contributed by atoms with Crippen molar-refractivity contribution in [3.05, 3.63) is 65.6 Å². The lowest BCUT2D eigenvalue weighted by Crippen LogP contribution is -2.22. The van der Waals surface area contributed by atoms with Crippen LogP contribution in [0.15, 0.2) is 48.7 Å². The van der Waals surface area contributed by atoms with Crippen LogP contribution in [0.5, 0.6) is 0 Å². The minimum atomic E-state index is -4.37. The maximum Gasteiger partial charge on any atom is 0.417 e. The van der Waals surface area contributed by atoms with Gasteiger partial charge in [-0.25, -0.2) is 0 Å². The molecule has 168 valence electrons. The van der Waals surface area contributed by atoms with Crippen molar-refractivity contribution < 1.29 is 18.0 Å². The van der Waals surface area contributed by atoms with Gasteiger partial charge in [0.05, 0.1) is 5.56 Å². The molecule has 0 bridgehead atoms. The van der Waals surface area contributed by atoms with Crippen LogP contribution in [-0.4, -0.2) is 27.0 Å². The zero-order valence-corrected chi connectivity index (χ0v) is 17.6. The third kappa shape index (κ3) is 7.06. The maximum absolute atomic E-state index is 12.9. The molecule has 0 aliphatic rings. The quantitative estimate of drug-likeness (QED) is 0.587. The zero-order valence-electron chi connectivity index (χ0n) is 17.6. The molecule has 3 rings (SSSR count). The number of aryl methyl sites for hydroxylation is 1. The predicted octanol–water partition coefficient (Wildman–Crippen LogP) is 3.94. The molecule has 0 aliphatic heterocycles. The van der Waals surface area contributed by atoms with Gasteiger partial charge in [-0.1, -0.05) is 44.2 Å². The number of nitrogens with two attached hydrogens (primary N) is 2. The molecule has 0 fully saturated rings. The third-order valence-corrected chi connectivity index (χ3v) is 4.99. The average molecular weight is 435 g/mol. The van der Waals surface area contributed by atoms with Crippen molar-refractivity contribution in [2.45, 2.75) is 45.2 Å². The molecule has 0 aliphatic carbocycles. The van der Waals surface area contributed by atoms with Gasteiger partial charge in [-0.3, -0.25) is 9.20 Å². The highest BCUT2D eigenvalue weighted by Gasteiger charge is 2.31. The number of carbonyl (C=O) groups is 1. The molecule has 9 heteroatoms. The topological polar surface area (TPSA) is 99.3 Å². The second-order valence-corrected chi connectivity index (χ2v) is 7.51. The third-order valence-electron chi connectivity index (χ3n) is 4.99. The van der Waals surface area contributed by atoms with Crippen LogP contribution in [0, 0.1) is 5.92 Å². The van der Waals surface area contributed by atoms with Crippen LogP contribution in [0.2, 0.25) is 0 Å². The number of rotatable bonds is 7. The molecule has 2 atom stereocenters. The van der Waals surface area contributed by atoms with Crippen LogP contribution in [0.1, 0.15) is 49.6 Å². The van der Waals surface area contributed by atoms with Crippen LogP contribution in [0.25, 0.3) is 5.65 Å². The molecular formula is C22H28F3N5O. The lowest BCUT2D eigenvalue weighted by molar-refractivity contribution is -0.137. The van der Waals surface area contributed by atoms with E-state index in [0.717, 1.165) is 25.1 Å². The lowest BCUT2D eigenvalue weighted by atomic mass is 10.0. The first-order valence-corrected chi connectivity index (χ1v) is 10.1. The summed E-state index contributed by atoms with van der Waals surface area (Å²) >= 11 is 0. The number of nitrogens with zero attached hydrogens (tertiary/aromatic N) is 3. The summed E-state index contributed by atoms with van der Waals surface area (Å²) in [6, 6.07) is 12.4. The van der Waals surface area contributed by atoms with E-state index in [4.69, 9.17) is 11.5 Å². The Labute approximate surface area is 179 Å². The number of carbonyl (C=O) groups excluding carboxylic acids is 1. The van der Waals surface area contributed by atoms with E-state index in [9.17, 15) is 18.0 Å². The second-order valence-electron chi connectivity index (χ2n) is 7.51. The number of hydrogen-bond acceptors (Lipinski definition) is 4. The molecule has 6 nitrogen and oxygen atoms in total. The van der Waals surface area contributed by atoms with Gasteiger partial charge in [0.1, 0.15) is 5.82 Å². The Morgan fingerprint density at radius 2 is 1.74 bits per heavy atom. The van der Waals surface area contributed by atoms with Crippen molar-refractivity contribution in [2.24, 2.45) is 17.4 Å². The van der Waals surface area contributed by atoms with Crippen molar-refractivity contribution in [3.8, 4) is 0 Å². The fourth-order valence-corrected chi connectivity index (χ4v) is 2.96. The van der Waals surface area contributed by atoms with Crippen LogP contribution < -0.4 is 11.5 Å². The molecule has 0 radical (unpaired) electrons. The fraction of sp³-hybridized carbons (Fsp3) is 0.409. The van der Waals surface area contributed by atoms with Crippen molar-refractivity contribution in [2.75, 3.05) is 6.54 Å². The Hall–Kier alpha value is -2.94. The number of fused-ring (bicyclic) bond motifs is 1. The normalized spacial score (nSPS) is 13.4. The first-order valence-electron chi connectivity index (χ1n) is 10.1. The van der Waals surface area contributed by atoms with Crippen LogP contribution in [0.4, 0.5) is 13.2 Å². The predicted molar refractivity (Wildman–Crippen MR) is 113 cm³/mol. The lowest BCUT2D eigenvalue weighted by Gasteiger charge is -2.11. The minimum Gasteiger partial charge on any atom is -0.369 e. The fourth-order valence-electron chi connectivity index (χ4n) is 2.96. The Morgan fingerprint density at radius 3 is 2.29 bits per heavy atom. The van der Waals surface area contributed by atoms with Crippen molar-refractivity contribution in [1.29, 1.82) is 0 Å². The summed E-state index contributed by atoms with van der Waals surface area (Å²) in [5.41, 5.74) is 11.0. The summed E-state index contributed by atoms with van der Waals surface area (Å²) in [7, 11) is 0. The Kier molecular flexibility index (Phi) is 8.56. The zero-order chi connectivity index (χ0) is 23.0. The van der Waals surface area contributed by atoms with E-state index in [1.807, 2.05) is 37.3 Å². The number of pyridine rings is 1. The van der Waals surface area contributed by atoms with Gasteiger partial charge in [0.15, 0.2) is 5.65 Å². The molecule has 3 aromatic rings. The highest BCUT2D eigenvalue weighted by Crippen LogP contribution is 2.30. The summed E-state index contributed by atoms with van der Waals surface area (Å²) in [5.74, 6) is 0.228. The summed E-state index contributed by atoms with van der Waals surface area (Å²) in [6.45, 7) is 4.26. The van der Waals surface area contributed by atoms with E-state index in [0.29, 0.717) is 24.4 Å². The summed E-state index contributed by atoms with van der Waals surface area (Å²) in [6.07, 6.45) is -0.973. The maximum atomic E-state index is 12.9. The smallest absolute Gasteiger partial charge is 0.369 e. The first-order chi connectivity index (χ1) is 14.6. The van der Waals surface area contributed by atoms with Gasteiger partial charge >= 0.3 is 6.18 Å². The van der Waals surface area contributed by atoms with E-state index in [2.05, 4.69) is 10.2 Å². The molecule has 1 aromatic carbocycles. The average Bonchev–Trinajstić information content (AvgIpc) is 3.16. The van der Waals surface area contributed by atoms with E-state index < -0.39 is 11.7 Å². The van der Waals surface area contributed by atoms with Gasteiger partial charge in [0.2, 0.25) is 5.91 Å². The molecule has 4 N–H and O–H groups in total. The van der Waals surface area contributed by atoms with Crippen molar-refractivity contribution >= 4 is 11.6 Å². The monoisotopic (exact) mass is 435 g/mol. The molecule has 2 heterocycles. The molecule has 0 saturated carbocycles. The number of alkyl halides is 3. The summed E-state index contributed by atoms with van der Waals surface area (Å²) in [4.78, 5) is 10.3. The first kappa shape index (κ1) is 24.3. The standard InChI is InChI=1S/C17H16F3N3.C5H12N2O/c1-12(7-8-13-5-3-2-4-6-13)16-22-21-15-10-9-14(11-23(15)16)17(18,19)20;1-4(2-3-6)5(7)8/h2-6,9-12H,7-8H2,1H3;4H,2-3,6H2,1H3,(H2,7,8)/t12-;/m1./s1. The number of halogens is 3. The second kappa shape index (κ2) is 10.9. The van der Waals surface area contributed by atoms with E-state index in [-0.39, 0.29) is 17.7 Å². The molecule has 0 spiro atoms. The number of benzene rings is 1. The van der Waals surface area contributed by atoms with Gasteiger partial charge in [-0.2, -0.15) is 13.2 Å². The highest BCUT2D eigenvalue weighted by molar-refractivity contribution is 5.76. The minimum absolute atomic E-state index is 0.00805. The van der Waals surface area contributed by atoms with Crippen LogP contribution in [0.3, 0.4) is 0 Å². The van der Waals surface area contributed by atoms with Gasteiger partial charge in [0, 0.05) is 18.0 Å². The number of aromatic nitrogens is 3. The van der Waals surface area contributed by atoms with Crippen molar-refractivity contribution in [3.63, 3.8) is 0 Å². The van der Waals surface area contributed by atoms with Crippen LogP contribution >= 0.6 is 0 Å². The highest BCUT2D eigenvalue weighted by atomic mass is 19.4. The van der Waals surface area contributed by atoms with Gasteiger partial charge in [0.25, 0.3) is 0 Å². The van der Waals surface area contributed by atoms with Gasteiger partial charge < -0.3 is 11.5 Å². The molecule has 0 saturated heterocycles. The van der Waals surface area contributed by atoms with Crippen molar-refractivity contribution in [1.82, 2.24) is 14.6 Å². The molecule has 1 amide bonds. The largest absolute Gasteiger partial charge is 0.417 e.